The molecule has 1 aromatic carbocycles. The molecule has 0 aliphatic carbocycles. The van der Waals surface area contributed by atoms with Gasteiger partial charge in [0.2, 0.25) is 0 Å². The first kappa shape index (κ1) is 17.8. The highest BCUT2D eigenvalue weighted by molar-refractivity contribution is 5.80. The van der Waals surface area contributed by atoms with Crippen LogP contribution in [0.2, 0.25) is 0 Å². The molecule has 1 aromatic rings. The number of aliphatic imine (C=N–C) groups is 1. The van der Waals surface area contributed by atoms with Crippen LogP contribution in [0.3, 0.4) is 0 Å². The molecular formula is C19H32N4. The minimum absolute atomic E-state index is 0.250. The zero-order chi connectivity index (χ0) is 16.5. The Bertz CT molecular complexity index is 466. The fourth-order valence-electron chi connectivity index (χ4n) is 3.14. The van der Waals surface area contributed by atoms with Gasteiger partial charge in [0, 0.05) is 20.1 Å². The average Bonchev–Trinajstić information content (AvgIpc) is 2.60. The second-order valence-electron chi connectivity index (χ2n) is 6.70. The molecule has 0 saturated carbocycles. The van der Waals surface area contributed by atoms with E-state index in [1.807, 2.05) is 13.1 Å². The molecule has 2 N–H and O–H groups in total. The predicted octanol–water partition coefficient (Wildman–Crippen LogP) is 3.03. The average molecular weight is 316 g/mol. The summed E-state index contributed by atoms with van der Waals surface area (Å²) in [5.41, 5.74) is 1.27. The largest absolute Gasteiger partial charge is 0.356 e. The molecule has 2 unspecified atom stereocenters. The van der Waals surface area contributed by atoms with Crippen LogP contribution in [0, 0.1) is 5.92 Å². The van der Waals surface area contributed by atoms with Crippen molar-refractivity contribution < 1.29 is 0 Å². The van der Waals surface area contributed by atoms with E-state index in [-0.39, 0.29) is 6.04 Å². The molecule has 0 radical (unpaired) electrons. The van der Waals surface area contributed by atoms with Crippen LogP contribution in [0.25, 0.3) is 0 Å². The molecule has 4 nitrogen and oxygen atoms in total. The second-order valence-corrected chi connectivity index (χ2v) is 6.70. The molecule has 23 heavy (non-hydrogen) atoms. The van der Waals surface area contributed by atoms with Gasteiger partial charge in [-0.25, -0.2) is 0 Å². The van der Waals surface area contributed by atoms with E-state index in [0.717, 1.165) is 12.5 Å². The summed E-state index contributed by atoms with van der Waals surface area (Å²) in [6.45, 7) is 9.15. The number of hydrogen-bond donors (Lipinski definition) is 2. The maximum Gasteiger partial charge on any atom is 0.191 e. The summed E-state index contributed by atoms with van der Waals surface area (Å²) in [5, 5.41) is 6.94. The number of hydrogen-bond acceptors (Lipinski definition) is 2. The minimum atomic E-state index is 0.250. The van der Waals surface area contributed by atoms with Gasteiger partial charge in [0.05, 0.1) is 6.04 Å². The van der Waals surface area contributed by atoms with E-state index in [2.05, 4.69) is 58.6 Å². The van der Waals surface area contributed by atoms with E-state index in [9.17, 15) is 0 Å². The zero-order valence-corrected chi connectivity index (χ0v) is 14.9. The van der Waals surface area contributed by atoms with Crippen molar-refractivity contribution in [2.45, 2.75) is 39.2 Å². The van der Waals surface area contributed by atoms with Crippen LogP contribution < -0.4 is 10.6 Å². The molecule has 0 aromatic heterocycles. The summed E-state index contributed by atoms with van der Waals surface area (Å²) in [7, 11) is 1.84. The van der Waals surface area contributed by atoms with E-state index in [0.29, 0.717) is 5.92 Å². The molecule has 0 spiro atoms. The van der Waals surface area contributed by atoms with Crippen molar-refractivity contribution in [3.8, 4) is 0 Å². The van der Waals surface area contributed by atoms with Gasteiger partial charge in [0.25, 0.3) is 0 Å². The number of nitrogens with one attached hydrogen (secondary N) is 2. The van der Waals surface area contributed by atoms with E-state index >= 15 is 0 Å². The molecule has 1 aliphatic heterocycles. The Labute approximate surface area is 141 Å². The van der Waals surface area contributed by atoms with Crippen molar-refractivity contribution in [2.24, 2.45) is 10.9 Å². The molecule has 1 aliphatic rings. The fourth-order valence-corrected chi connectivity index (χ4v) is 3.14. The first-order valence-corrected chi connectivity index (χ1v) is 8.93. The lowest BCUT2D eigenvalue weighted by Gasteiger charge is -2.29. The number of piperidine rings is 1. The van der Waals surface area contributed by atoms with E-state index in [4.69, 9.17) is 0 Å². The van der Waals surface area contributed by atoms with E-state index in [1.54, 1.807) is 0 Å². The Hall–Kier alpha value is -1.55. The van der Waals surface area contributed by atoms with Gasteiger partial charge in [-0.2, -0.15) is 0 Å². The van der Waals surface area contributed by atoms with Crippen molar-refractivity contribution in [1.29, 1.82) is 0 Å². The first-order chi connectivity index (χ1) is 11.2. The third-order valence-corrected chi connectivity index (χ3v) is 4.51. The van der Waals surface area contributed by atoms with Gasteiger partial charge in [-0.15, -0.1) is 0 Å². The van der Waals surface area contributed by atoms with Crippen molar-refractivity contribution in [2.75, 3.05) is 33.2 Å². The third-order valence-electron chi connectivity index (χ3n) is 4.51. The molecule has 1 saturated heterocycles. The molecule has 1 fully saturated rings. The summed E-state index contributed by atoms with van der Waals surface area (Å²) < 4.78 is 0. The highest BCUT2D eigenvalue weighted by Gasteiger charge is 2.14. The Morgan fingerprint density at radius 2 is 1.83 bits per heavy atom. The van der Waals surface area contributed by atoms with E-state index < -0.39 is 0 Å². The van der Waals surface area contributed by atoms with Crippen LogP contribution in [0.1, 0.15) is 44.7 Å². The highest BCUT2D eigenvalue weighted by Crippen LogP contribution is 2.12. The Kier molecular flexibility index (Phi) is 7.40. The van der Waals surface area contributed by atoms with Crippen LogP contribution in [0.15, 0.2) is 35.3 Å². The summed E-state index contributed by atoms with van der Waals surface area (Å²) in [6, 6.07) is 10.7. The van der Waals surface area contributed by atoms with Crippen molar-refractivity contribution in [3.05, 3.63) is 35.9 Å². The Morgan fingerprint density at radius 3 is 2.48 bits per heavy atom. The maximum absolute atomic E-state index is 4.35. The van der Waals surface area contributed by atoms with Crippen molar-refractivity contribution >= 4 is 5.96 Å². The minimum Gasteiger partial charge on any atom is -0.356 e. The van der Waals surface area contributed by atoms with Crippen LogP contribution in [-0.4, -0.2) is 44.1 Å². The van der Waals surface area contributed by atoms with Crippen molar-refractivity contribution in [3.63, 3.8) is 0 Å². The van der Waals surface area contributed by atoms with Gasteiger partial charge in [-0.1, -0.05) is 43.7 Å². The molecule has 1 heterocycles. The molecule has 4 heteroatoms. The first-order valence-electron chi connectivity index (χ1n) is 8.93. The van der Waals surface area contributed by atoms with Crippen LogP contribution in [0.5, 0.6) is 0 Å². The maximum atomic E-state index is 4.35. The lowest BCUT2D eigenvalue weighted by atomic mass is 10.1. The lowest BCUT2D eigenvalue weighted by Crippen LogP contribution is -2.43. The zero-order valence-electron chi connectivity index (χ0n) is 14.9. The summed E-state index contributed by atoms with van der Waals surface area (Å²) in [6.07, 6.45) is 4.12. The molecule has 2 atom stereocenters. The normalized spacial score (nSPS) is 19.2. The van der Waals surface area contributed by atoms with E-state index in [1.165, 1.54) is 44.5 Å². The summed E-state index contributed by atoms with van der Waals surface area (Å²) in [5.74, 6) is 1.51. The van der Waals surface area contributed by atoms with Gasteiger partial charge in [-0.05, 0) is 44.3 Å². The van der Waals surface area contributed by atoms with Gasteiger partial charge < -0.3 is 15.5 Å². The third kappa shape index (κ3) is 6.22. The number of nitrogens with zero attached hydrogens (tertiary/aromatic N) is 2. The van der Waals surface area contributed by atoms with Crippen LogP contribution in [-0.2, 0) is 0 Å². The number of guanidine groups is 1. The Balaban J connectivity index is 1.74. The molecular weight excluding hydrogens is 284 g/mol. The number of benzene rings is 1. The number of likely N-dealkylation sites (tertiary alicyclic amines) is 1. The summed E-state index contributed by atoms with van der Waals surface area (Å²) >= 11 is 0. The molecule has 0 amide bonds. The molecule has 2 rings (SSSR count). The van der Waals surface area contributed by atoms with Crippen LogP contribution >= 0.6 is 0 Å². The van der Waals surface area contributed by atoms with Crippen LogP contribution in [0.4, 0.5) is 0 Å². The highest BCUT2D eigenvalue weighted by atomic mass is 15.2. The number of rotatable bonds is 6. The smallest absolute Gasteiger partial charge is 0.191 e. The van der Waals surface area contributed by atoms with Gasteiger partial charge in [0.1, 0.15) is 0 Å². The topological polar surface area (TPSA) is 39.7 Å². The predicted molar refractivity (Wildman–Crippen MR) is 98.8 cm³/mol. The van der Waals surface area contributed by atoms with Crippen molar-refractivity contribution in [1.82, 2.24) is 15.5 Å². The summed E-state index contributed by atoms with van der Waals surface area (Å²) in [4.78, 5) is 6.95. The SMILES string of the molecule is CN=C(NCC(C)CN1CCCCC1)NC(C)c1ccccc1. The van der Waals surface area contributed by atoms with Gasteiger partial charge >= 0.3 is 0 Å². The second kappa shape index (κ2) is 9.56. The lowest BCUT2D eigenvalue weighted by molar-refractivity contribution is 0.201. The fraction of sp³-hybridized carbons (Fsp3) is 0.632. The molecule has 128 valence electrons. The van der Waals surface area contributed by atoms with Gasteiger partial charge in [0.15, 0.2) is 5.96 Å². The quantitative estimate of drug-likeness (QED) is 0.626. The monoisotopic (exact) mass is 316 g/mol. The van der Waals surface area contributed by atoms with Gasteiger partial charge in [-0.3, -0.25) is 4.99 Å². The Morgan fingerprint density at radius 1 is 1.13 bits per heavy atom. The molecule has 0 bridgehead atoms. The standard InChI is InChI=1S/C19H32N4/c1-16(15-23-12-8-5-9-13-23)14-21-19(20-3)22-17(2)18-10-6-4-7-11-18/h4,6-7,10-11,16-17H,5,8-9,12-15H2,1-3H3,(H2,20,21,22).